The van der Waals surface area contributed by atoms with Crippen molar-refractivity contribution in [1.82, 2.24) is 0 Å². The fraction of sp³-hybridized carbons (Fsp3) is 0.875. The highest BCUT2D eigenvalue weighted by molar-refractivity contribution is 7.80. The monoisotopic (exact) mass is 157 g/mol. The Labute approximate surface area is 68.3 Å². The zero-order valence-corrected chi connectivity index (χ0v) is 7.19. The number of thiol groups is 1. The molecule has 58 valence electrons. The van der Waals surface area contributed by atoms with E-state index in [1.807, 2.05) is 0 Å². The Morgan fingerprint density at radius 2 is 2.30 bits per heavy atom. The third-order valence-corrected chi connectivity index (χ3v) is 2.57. The Morgan fingerprint density at radius 1 is 1.50 bits per heavy atom. The van der Waals surface area contributed by atoms with Crippen molar-refractivity contribution in [3.8, 4) is 0 Å². The SMILES string of the molecule is C=NC1CCC(CCS)C1. The summed E-state index contributed by atoms with van der Waals surface area (Å²) in [5.41, 5.74) is 0. The van der Waals surface area contributed by atoms with Crippen LogP contribution < -0.4 is 0 Å². The normalized spacial score (nSPS) is 32.5. The van der Waals surface area contributed by atoms with Crippen LogP contribution in [0.3, 0.4) is 0 Å². The molecule has 0 N–H and O–H groups in total. The van der Waals surface area contributed by atoms with Gasteiger partial charge in [-0.1, -0.05) is 0 Å². The summed E-state index contributed by atoms with van der Waals surface area (Å²) in [5, 5.41) is 0. The molecule has 0 aromatic carbocycles. The van der Waals surface area contributed by atoms with Crippen molar-refractivity contribution in [2.45, 2.75) is 31.7 Å². The first-order valence-corrected chi connectivity index (χ1v) is 4.56. The molecule has 2 atom stereocenters. The van der Waals surface area contributed by atoms with Gasteiger partial charge in [0.25, 0.3) is 0 Å². The lowest BCUT2D eigenvalue weighted by Gasteiger charge is -2.05. The zero-order valence-electron chi connectivity index (χ0n) is 6.29. The Kier molecular flexibility index (Phi) is 3.26. The third-order valence-electron chi connectivity index (χ3n) is 2.31. The third kappa shape index (κ3) is 2.01. The summed E-state index contributed by atoms with van der Waals surface area (Å²) in [5.74, 6) is 1.90. The second kappa shape index (κ2) is 4.02. The van der Waals surface area contributed by atoms with Gasteiger partial charge in [-0.05, 0) is 44.1 Å². The van der Waals surface area contributed by atoms with Crippen LogP contribution in [0.1, 0.15) is 25.7 Å². The van der Waals surface area contributed by atoms with E-state index >= 15 is 0 Å². The molecule has 1 nitrogen and oxygen atoms in total. The summed E-state index contributed by atoms with van der Waals surface area (Å²) >= 11 is 4.21. The molecule has 0 amide bonds. The van der Waals surface area contributed by atoms with Gasteiger partial charge in [-0.25, -0.2) is 0 Å². The van der Waals surface area contributed by atoms with E-state index in [-0.39, 0.29) is 0 Å². The molecule has 0 heterocycles. The minimum absolute atomic E-state index is 0.560. The van der Waals surface area contributed by atoms with Gasteiger partial charge in [0.05, 0.1) is 0 Å². The molecule has 10 heavy (non-hydrogen) atoms. The van der Waals surface area contributed by atoms with Crippen molar-refractivity contribution in [2.24, 2.45) is 10.9 Å². The fourth-order valence-electron chi connectivity index (χ4n) is 1.66. The standard InChI is InChI=1S/C8H15NS/c1-9-8-3-2-7(6-8)4-5-10/h7-8,10H,1-6H2. The maximum absolute atomic E-state index is 4.21. The molecule has 0 saturated heterocycles. The number of hydrogen-bond donors (Lipinski definition) is 1. The summed E-state index contributed by atoms with van der Waals surface area (Å²) in [4.78, 5) is 4.05. The summed E-state index contributed by atoms with van der Waals surface area (Å²) in [6.07, 6.45) is 5.10. The van der Waals surface area contributed by atoms with Gasteiger partial charge in [0.15, 0.2) is 0 Å². The molecule has 1 aliphatic carbocycles. The van der Waals surface area contributed by atoms with Crippen LogP contribution >= 0.6 is 12.6 Å². The number of aliphatic imine (C=N–C) groups is 1. The molecule has 0 spiro atoms. The summed E-state index contributed by atoms with van der Waals surface area (Å²) in [6.45, 7) is 3.57. The highest BCUT2D eigenvalue weighted by Gasteiger charge is 2.22. The van der Waals surface area contributed by atoms with Crippen molar-refractivity contribution in [3.63, 3.8) is 0 Å². The first-order valence-electron chi connectivity index (χ1n) is 3.93. The molecule has 0 radical (unpaired) electrons. The first-order chi connectivity index (χ1) is 4.86. The molecule has 1 saturated carbocycles. The molecule has 2 unspecified atom stereocenters. The molecule has 0 aromatic heterocycles. The van der Waals surface area contributed by atoms with Gasteiger partial charge >= 0.3 is 0 Å². The molecule has 0 bridgehead atoms. The van der Waals surface area contributed by atoms with Crippen molar-refractivity contribution in [2.75, 3.05) is 5.75 Å². The van der Waals surface area contributed by atoms with Crippen LogP contribution in [0.5, 0.6) is 0 Å². The van der Waals surface area contributed by atoms with Crippen molar-refractivity contribution in [3.05, 3.63) is 0 Å². The quantitative estimate of drug-likeness (QED) is 0.476. The maximum Gasteiger partial charge on any atom is 0.0495 e. The summed E-state index contributed by atoms with van der Waals surface area (Å²) in [7, 11) is 0. The van der Waals surface area contributed by atoms with Crippen molar-refractivity contribution >= 4 is 19.3 Å². The van der Waals surface area contributed by atoms with Crippen LogP contribution in [0.2, 0.25) is 0 Å². The minimum atomic E-state index is 0.560. The average Bonchev–Trinajstić information content (AvgIpc) is 2.37. The molecule has 1 rings (SSSR count). The Bertz CT molecular complexity index is 114. The number of rotatable bonds is 3. The lowest BCUT2D eigenvalue weighted by Crippen LogP contribution is -1.98. The molecule has 0 aromatic rings. The highest BCUT2D eigenvalue weighted by atomic mass is 32.1. The van der Waals surface area contributed by atoms with Crippen LogP contribution in [-0.4, -0.2) is 18.5 Å². The predicted molar refractivity (Wildman–Crippen MR) is 49.1 cm³/mol. The van der Waals surface area contributed by atoms with Crippen molar-refractivity contribution < 1.29 is 0 Å². The molecular weight excluding hydrogens is 142 g/mol. The van der Waals surface area contributed by atoms with Crippen LogP contribution in [0.4, 0.5) is 0 Å². The maximum atomic E-state index is 4.21. The molecule has 1 aliphatic rings. The van der Waals surface area contributed by atoms with Crippen LogP contribution in [0.25, 0.3) is 0 Å². The van der Waals surface area contributed by atoms with E-state index < -0.39 is 0 Å². The predicted octanol–water partition coefficient (Wildman–Crippen LogP) is 2.18. The Morgan fingerprint density at radius 3 is 2.80 bits per heavy atom. The van der Waals surface area contributed by atoms with Gasteiger partial charge < -0.3 is 0 Å². The Hall–Kier alpha value is 0.0200. The van der Waals surface area contributed by atoms with Crippen molar-refractivity contribution in [1.29, 1.82) is 0 Å². The lowest BCUT2D eigenvalue weighted by atomic mass is 10.1. The first kappa shape index (κ1) is 8.12. The fourth-order valence-corrected chi connectivity index (χ4v) is 2.02. The van der Waals surface area contributed by atoms with E-state index in [9.17, 15) is 0 Å². The summed E-state index contributed by atoms with van der Waals surface area (Å²) in [6, 6.07) is 0.560. The van der Waals surface area contributed by atoms with Gasteiger partial charge in [-0.3, -0.25) is 4.99 Å². The van der Waals surface area contributed by atoms with E-state index in [0.29, 0.717) is 6.04 Å². The topological polar surface area (TPSA) is 12.4 Å². The largest absolute Gasteiger partial charge is 0.298 e. The van der Waals surface area contributed by atoms with Gasteiger partial charge in [-0.2, -0.15) is 12.6 Å². The Balaban J connectivity index is 2.21. The van der Waals surface area contributed by atoms with Gasteiger partial charge in [-0.15, -0.1) is 0 Å². The minimum Gasteiger partial charge on any atom is -0.298 e. The van der Waals surface area contributed by atoms with Gasteiger partial charge in [0, 0.05) is 6.04 Å². The van der Waals surface area contributed by atoms with E-state index in [0.717, 1.165) is 11.7 Å². The van der Waals surface area contributed by atoms with Crippen LogP contribution in [0, 0.1) is 5.92 Å². The van der Waals surface area contributed by atoms with E-state index in [1.165, 1.54) is 25.7 Å². The second-order valence-corrected chi connectivity index (χ2v) is 3.47. The smallest absolute Gasteiger partial charge is 0.0495 e. The van der Waals surface area contributed by atoms with Gasteiger partial charge in [0.1, 0.15) is 0 Å². The van der Waals surface area contributed by atoms with Gasteiger partial charge in [0.2, 0.25) is 0 Å². The number of hydrogen-bond acceptors (Lipinski definition) is 2. The summed E-state index contributed by atoms with van der Waals surface area (Å²) < 4.78 is 0. The molecular formula is C8H15NS. The lowest BCUT2D eigenvalue weighted by molar-refractivity contribution is 0.526. The van der Waals surface area contributed by atoms with Crippen LogP contribution in [-0.2, 0) is 0 Å². The molecule has 2 heteroatoms. The zero-order chi connectivity index (χ0) is 7.40. The van der Waals surface area contributed by atoms with E-state index in [4.69, 9.17) is 0 Å². The van der Waals surface area contributed by atoms with Crippen LogP contribution in [0.15, 0.2) is 4.99 Å². The number of nitrogens with zero attached hydrogens (tertiary/aromatic N) is 1. The van der Waals surface area contributed by atoms with E-state index in [2.05, 4.69) is 24.3 Å². The molecule has 0 aliphatic heterocycles. The average molecular weight is 157 g/mol. The second-order valence-electron chi connectivity index (χ2n) is 3.03. The van der Waals surface area contributed by atoms with E-state index in [1.54, 1.807) is 0 Å². The highest BCUT2D eigenvalue weighted by Crippen LogP contribution is 2.29. The molecule has 1 fully saturated rings.